The fourth-order valence-corrected chi connectivity index (χ4v) is 7.20. The van der Waals surface area contributed by atoms with Crippen LogP contribution in [0.5, 0.6) is 0 Å². The average Bonchev–Trinajstić information content (AvgIpc) is 3.50. The number of fused-ring (bicyclic) bond motifs is 2. The minimum Gasteiger partial charge on any atom is -0.415 e. The molecule has 2 aromatic rings. The highest BCUT2D eigenvalue weighted by Crippen LogP contribution is 2.38. The second-order valence-electron chi connectivity index (χ2n) is 11.3. The number of imide groups is 1. The summed E-state index contributed by atoms with van der Waals surface area (Å²) in [4.78, 5) is 42.0. The predicted molar refractivity (Wildman–Crippen MR) is 153 cm³/mol. The molecule has 5 rings (SSSR count). The molecule has 0 N–H and O–H groups in total. The van der Waals surface area contributed by atoms with Crippen LogP contribution in [0.1, 0.15) is 58.3 Å². The Bertz CT molecular complexity index is 1180. The Labute approximate surface area is 235 Å². The van der Waals surface area contributed by atoms with Crippen LogP contribution in [0.4, 0.5) is 5.82 Å². The number of carbonyl (C=O) groups is 3. The van der Waals surface area contributed by atoms with Gasteiger partial charge in [-0.2, -0.15) is 4.37 Å². The van der Waals surface area contributed by atoms with Crippen molar-refractivity contribution < 1.29 is 23.6 Å². The van der Waals surface area contributed by atoms with Crippen molar-refractivity contribution in [1.29, 1.82) is 0 Å². The first-order chi connectivity index (χ1) is 19.0. The van der Waals surface area contributed by atoms with Crippen LogP contribution in [0.2, 0.25) is 0 Å². The molecule has 39 heavy (non-hydrogen) atoms. The number of hydrogen-bond donors (Lipinski definition) is 0. The molecule has 2 atom stereocenters. The molecule has 9 heteroatoms. The lowest BCUT2D eigenvalue weighted by molar-refractivity contribution is -0.944. The van der Waals surface area contributed by atoms with Crippen LogP contribution in [-0.2, 0) is 19.1 Å². The fourth-order valence-electron chi connectivity index (χ4n) is 6.40. The van der Waals surface area contributed by atoms with E-state index in [1.54, 1.807) is 0 Å². The molecule has 8 nitrogen and oxygen atoms in total. The normalized spacial score (nSPS) is 23.1. The third-order valence-corrected chi connectivity index (χ3v) is 9.55. The summed E-state index contributed by atoms with van der Waals surface area (Å²) in [6, 6.07) is 8.34. The van der Waals surface area contributed by atoms with E-state index in [2.05, 4.69) is 23.1 Å². The molecule has 2 unspecified atom stereocenters. The standard InChI is InChI=1S/C30H41N4O4S/c1-2-3-4-15-27(35)38-22-34(19-10-9-16-33-29(36)23-11-5-6-12-24(23)30(33)37)20-17-32(18-21-34)28-25-13-7-8-14-26(25)39-31-28/h3-4,7-8,13-14,23-24H,2,5-6,9-12,15-22H2,1H3/q+1. The monoisotopic (exact) mass is 553 g/mol. The second kappa shape index (κ2) is 12.6. The molecule has 2 aliphatic heterocycles. The lowest BCUT2D eigenvalue weighted by atomic mass is 9.81. The summed E-state index contributed by atoms with van der Waals surface area (Å²) < 4.78 is 12.4. The zero-order valence-electron chi connectivity index (χ0n) is 23.1. The molecule has 2 amide bonds. The van der Waals surface area contributed by atoms with Gasteiger partial charge in [0.05, 0.1) is 55.7 Å². The first-order valence-electron chi connectivity index (χ1n) is 14.6. The Balaban J connectivity index is 1.19. The number of hydrogen-bond acceptors (Lipinski definition) is 7. The van der Waals surface area contributed by atoms with Gasteiger partial charge in [0.2, 0.25) is 18.5 Å². The van der Waals surface area contributed by atoms with Gasteiger partial charge in [0.15, 0.2) is 5.82 Å². The maximum atomic E-state index is 12.9. The van der Waals surface area contributed by atoms with Gasteiger partial charge in [-0.25, -0.2) is 0 Å². The van der Waals surface area contributed by atoms with E-state index in [-0.39, 0.29) is 29.6 Å². The molecule has 1 aromatic heterocycles. The maximum Gasteiger partial charge on any atom is 0.313 e. The first-order valence-corrected chi connectivity index (χ1v) is 15.4. The number of piperazine rings is 1. The number of esters is 1. The zero-order valence-corrected chi connectivity index (χ0v) is 23.9. The maximum absolute atomic E-state index is 12.9. The second-order valence-corrected chi connectivity index (χ2v) is 12.1. The summed E-state index contributed by atoms with van der Waals surface area (Å²) in [5, 5.41) is 1.19. The molecule has 0 spiro atoms. The third-order valence-electron chi connectivity index (χ3n) is 8.73. The number of unbranched alkanes of at least 4 members (excludes halogenated alkanes) is 1. The minimum atomic E-state index is -0.194. The molecule has 3 heterocycles. The van der Waals surface area contributed by atoms with Gasteiger partial charge in [0, 0.05) is 11.9 Å². The minimum absolute atomic E-state index is 0.0479. The van der Waals surface area contributed by atoms with Crippen LogP contribution in [0, 0.1) is 11.8 Å². The van der Waals surface area contributed by atoms with E-state index >= 15 is 0 Å². The van der Waals surface area contributed by atoms with Gasteiger partial charge in [-0.05, 0) is 55.8 Å². The number of anilines is 1. The van der Waals surface area contributed by atoms with E-state index in [1.807, 2.05) is 25.1 Å². The third kappa shape index (κ3) is 6.19. The van der Waals surface area contributed by atoms with Crippen LogP contribution in [0.3, 0.4) is 0 Å². The van der Waals surface area contributed by atoms with Crippen LogP contribution in [0.15, 0.2) is 36.4 Å². The van der Waals surface area contributed by atoms with Crippen LogP contribution < -0.4 is 4.90 Å². The van der Waals surface area contributed by atoms with E-state index in [0.29, 0.717) is 24.2 Å². The van der Waals surface area contributed by atoms with Crippen molar-refractivity contribution >= 4 is 45.2 Å². The molecular formula is C30H41N4O4S+. The number of nitrogens with zero attached hydrogens (tertiary/aromatic N) is 4. The number of aromatic nitrogens is 1. The number of amides is 2. The smallest absolute Gasteiger partial charge is 0.313 e. The quantitative estimate of drug-likeness (QED) is 0.131. The molecule has 1 saturated carbocycles. The van der Waals surface area contributed by atoms with Gasteiger partial charge in [-0.1, -0.05) is 44.1 Å². The van der Waals surface area contributed by atoms with E-state index in [9.17, 15) is 14.4 Å². The Hall–Kier alpha value is -2.78. The molecule has 3 fully saturated rings. The predicted octanol–water partition coefficient (Wildman–Crippen LogP) is 4.75. The van der Waals surface area contributed by atoms with E-state index in [0.717, 1.165) is 83.5 Å². The molecule has 210 valence electrons. The fraction of sp³-hybridized carbons (Fsp3) is 0.600. The van der Waals surface area contributed by atoms with Crippen molar-refractivity contribution in [2.45, 2.75) is 58.3 Å². The Kier molecular flexibility index (Phi) is 8.97. The Morgan fingerprint density at radius 3 is 2.51 bits per heavy atom. The lowest BCUT2D eigenvalue weighted by Gasteiger charge is -2.44. The lowest BCUT2D eigenvalue weighted by Crippen LogP contribution is -2.61. The summed E-state index contributed by atoms with van der Waals surface area (Å²) in [6.45, 7) is 7.16. The summed E-state index contributed by atoms with van der Waals surface area (Å²) in [5.41, 5.74) is 0. The van der Waals surface area contributed by atoms with E-state index in [4.69, 9.17) is 9.11 Å². The average molecular weight is 554 g/mol. The van der Waals surface area contributed by atoms with Crippen molar-refractivity contribution in [3.05, 3.63) is 36.4 Å². The Morgan fingerprint density at radius 2 is 1.79 bits per heavy atom. The topological polar surface area (TPSA) is 79.8 Å². The number of allylic oxidation sites excluding steroid dienone is 1. The first kappa shape index (κ1) is 27.8. The van der Waals surface area contributed by atoms with Gasteiger partial charge in [-0.15, -0.1) is 0 Å². The summed E-state index contributed by atoms with van der Waals surface area (Å²) >= 11 is 1.54. The highest BCUT2D eigenvalue weighted by atomic mass is 32.1. The molecular weight excluding hydrogens is 512 g/mol. The summed E-state index contributed by atoms with van der Waals surface area (Å²) in [7, 11) is 0. The van der Waals surface area contributed by atoms with E-state index < -0.39 is 0 Å². The van der Waals surface area contributed by atoms with Gasteiger partial charge in [0.25, 0.3) is 0 Å². The molecule has 1 aliphatic carbocycles. The van der Waals surface area contributed by atoms with Gasteiger partial charge >= 0.3 is 5.97 Å². The summed E-state index contributed by atoms with van der Waals surface area (Å²) in [6.07, 6.45) is 10.5. The largest absolute Gasteiger partial charge is 0.415 e. The molecule has 3 aliphatic rings. The van der Waals surface area contributed by atoms with Crippen molar-refractivity contribution in [2.24, 2.45) is 11.8 Å². The van der Waals surface area contributed by atoms with Crippen molar-refractivity contribution in [3.8, 4) is 0 Å². The number of carbonyl (C=O) groups excluding carboxylic acids is 3. The van der Waals surface area contributed by atoms with Crippen molar-refractivity contribution in [2.75, 3.05) is 50.9 Å². The van der Waals surface area contributed by atoms with Crippen molar-refractivity contribution in [3.63, 3.8) is 0 Å². The number of benzene rings is 1. The van der Waals surface area contributed by atoms with Crippen LogP contribution in [-0.4, -0.2) is 77.5 Å². The van der Waals surface area contributed by atoms with Gasteiger partial charge in [-0.3, -0.25) is 23.8 Å². The van der Waals surface area contributed by atoms with Crippen molar-refractivity contribution in [1.82, 2.24) is 9.27 Å². The van der Waals surface area contributed by atoms with Crippen LogP contribution >= 0.6 is 11.5 Å². The number of ether oxygens (including phenoxy) is 1. The molecule has 0 radical (unpaired) electrons. The highest BCUT2D eigenvalue weighted by Gasteiger charge is 2.47. The number of rotatable bonds is 11. The van der Waals surface area contributed by atoms with Gasteiger partial charge < -0.3 is 9.64 Å². The molecule has 1 aromatic carbocycles. The SMILES string of the molecule is CCC=CCC(=O)OC[N+]1(CCCCN2C(=O)C3CCCCC3C2=O)CCN(c2nsc3ccccc23)CC1. The number of quaternary nitrogens is 1. The molecule has 0 bridgehead atoms. The summed E-state index contributed by atoms with van der Waals surface area (Å²) in [5.74, 6) is 0.781. The van der Waals surface area contributed by atoms with E-state index in [1.165, 1.54) is 26.5 Å². The molecule has 2 saturated heterocycles. The zero-order chi connectivity index (χ0) is 27.2. The van der Waals surface area contributed by atoms with Gasteiger partial charge in [0.1, 0.15) is 0 Å². The van der Waals surface area contributed by atoms with Crippen LogP contribution in [0.25, 0.3) is 10.1 Å². The Morgan fingerprint density at radius 1 is 1.08 bits per heavy atom. The highest BCUT2D eigenvalue weighted by molar-refractivity contribution is 7.13. The number of likely N-dealkylation sites (tertiary alicyclic amines) is 1.